The van der Waals surface area contributed by atoms with Gasteiger partial charge in [-0.05, 0) is 162 Å². The molecular weight excluding hydrogens is 874 g/mol. The Balaban J connectivity index is 1.05. The van der Waals surface area contributed by atoms with Crippen molar-refractivity contribution in [1.29, 1.82) is 0 Å². The molecular formula is C66H48BN5. The fourth-order valence-electron chi connectivity index (χ4n) is 10.9. The summed E-state index contributed by atoms with van der Waals surface area (Å²) in [6, 6.07) is 105. The molecule has 0 radical (unpaired) electrons. The first kappa shape index (κ1) is 42.6. The quantitative estimate of drug-likeness (QED) is 0.120. The van der Waals surface area contributed by atoms with Crippen molar-refractivity contribution >= 4 is 108 Å². The Morgan fingerprint density at radius 2 is 0.472 bits per heavy atom. The highest BCUT2D eigenvalue weighted by Crippen LogP contribution is 2.49. The van der Waals surface area contributed by atoms with Gasteiger partial charge in [0.1, 0.15) is 0 Å². The molecule has 0 fully saturated rings. The second-order valence-corrected chi connectivity index (χ2v) is 18.2. The summed E-state index contributed by atoms with van der Waals surface area (Å²) in [5, 5.41) is 0. The van der Waals surface area contributed by atoms with Crippen LogP contribution < -0.4 is 40.9 Å². The van der Waals surface area contributed by atoms with Gasteiger partial charge in [0.15, 0.2) is 0 Å². The maximum absolute atomic E-state index is 2.48. The number of benzene rings is 11. The number of para-hydroxylation sites is 8. The molecule has 0 unspecified atom stereocenters. The maximum Gasteiger partial charge on any atom is 0.252 e. The molecule has 2 aliphatic heterocycles. The van der Waals surface area contributed by atoms with Crippen LogP contribution in [0.15, 0.2) is 291 Å². The highest BCUT2D eigenvalue weighted by atomic mass is 15.2. The van der Waals surface area contributed by atoms with E-state index in [1.807, 2.05) is 0 Å². The first-order valence-electron chi connectivity index (χ1n) is 24.6. The van der Waals surface area contributed by atoms with Gasteiger partial charge < -0.3 is 24.5 Å². The van der Waals surface area contributed by atoms with Crippen LogP contribution in [0.25, 0.3) is 0 Å². The molecule has 2 heterocycles. The van der Waals surface area contributed by atoms with Crippen molar-refractivity contribution in [3.05, 3.63) is 291 Å². The highest BCUT2D eigenvalue weighted by Gasteiger charge is 2.43. The van der Waals surface area contributed by atoms with E-state index >= 15 is 0 Å². The molecule has 5 nitrogen and oxygen atoms in total. The predicted octanol–water partition coefficient (Wildman–Crippen LogP) is 16.2. The van der Waals surface area contributed by atoms with E-state index in [0.717, 1.165) is 73.9 Å². The number of fused-ring (bicyclic) bond motifs is 4. The molecule has 11 aromatic rings. The molecule has 11 aromatic carbocycles. The van der Waals surface area contributed by atoms with Crippen molar-refractivity contribution in [2.45, 2.75) is 0 Å². The smallest absolute Gasteiger partial charge is 0.252 e. The van der Waals surface area contributed by atoms with E-state index in [4.69, 9.17) is 0 Å². The lowest BCUT2D eigenvalue weighted by molar-refractivity contribution is 1.22. The van der Waals surface area contributed by atoms with E-state index in [9.17, 15) is 0 Å². The van der Waals surface area contributed by atoms with Crippen LogP contribution in [0, 0.1) is 0 Å². The van der Waals surface area contributed by atoms with Gasteiger partial charge >= 0.3 is 0 Å². The van der Waals surface area contributed by atoms with Crippen molar-refractivity contribution in [3.63, 3.8) is 0 Å². The summed E-state index contributed by atoms with van der Waals surface area (Å²) in [5.74, 6) is 0. The first-order chi connectivity index (χ1) is 35.8. The zero-order valence-corrected chi connectivity index (χ0v) is 39.5. The minimum Gasteiger partial charge on any atom is -0.311 e. The lowest BCUT2D eigenvalue weighted by Gasteiger charge is -2.45. The minimum atomic E-state index is 0.00676. The number of nitrogens with zero attached hydrogens (tertiary/aromatic N) is 5. The molecule has 6 heteroatoms. The van der Waals surface area contributed by atoms with E-state index in [0.29, 0.717) is 0 Å². The molecule has 0 N–H and O–H groups in total. The molecule has 0 spiro atoms. The van der Waals surface area contributed by atoms with Crippen LogP contribution in [0.2, 0.25) is 0 Å². The van der Waals surface area contributed by atoms with Gasteiger partial charge in [-0.3, -0.25) is 0 Å². The van der Waals surface area contributed by atoms with Gasteiger partial charge in [-0.25, -0.2) is 0 Å². The SMILES string of the molecule is c1ccc(N(c2ccccc2)c2ccc(N(c3ccc(N(c4ccccc4)c4ccccc4)cc3)c3cc4c5c(c3)N(c3ccccc3)c3ccccc3B5c3ccccc3N4c3ccccc3)cc2)cc1. The number of rotatable bonds is 11. The monoisotopic (exact) mass is 921 g/mol. The van der Waals surface area contributed by atoms with E-state index in [2.05, 4.69) is 316 Å². The third-order valence-electron chi connectivity index (χ3n) is 13.9. The predicted molar refractivity (Wildman–Crippen MR) is 305 cm³/mol. The average molecular weight is 922 g/mol. The fraction of sp³-hybridized carbons (Fsp3) is 0. The molecule has 2 aliphatic rings. The third-order valence-corrected chi connectivity index (χ3v) is 13.9. The van der Waals surface area contributed by atoms with Crippen molar-refractivity contribution in [2.75, 3.05) is 24.5 Å². The normalized spacial score (nSPS) is 12.1. The molecule has 0 atom stereocenters. The van der Waals surface area contributed by atoms with Gasteiger partial charge in [-0.15, -0.1) is 0 Å². The van der Waals surface area contributed by atoms with E-state index in [1.165, 1.54) is 27.8 Å². The molecule has 0 amide bonds. The van der Waals surface area contributed by atoms with Crippen LogP contribution in [-0.2, 0) is 0 Å². The fourth-order valence-corrected chi connectivity index (χ4v) is 10.9. The van der Waals surface area contributed by atoms with Gasteiger partial charge in [0, 0.05) is 79.6 Å². The van der Waals surface area contributed by atoms with Gasteiger partial charge in [0.25, 0.3) is 6.71 Å². The lowest BCUT2D eigenvalue weighted by atomic mass is 9.33. The topological polar surface area (TPSA) is 16.2 Å². The van der Waals surface area contributed by atoms with Crippen molar-refractivity contribution in [2.24, 2.45) is 0 Å². The number of anilines is 15. The van der Waals surface area contributed by atoms with Crippen molar-refractivity contribution < 1.29 is 0 Å². The molecule has 0 bridgehead atoms. The van der Waals surface area contributed by atoms with Crippen LogP contribution in [0.4, 0.5) is 85.3 Å². The Bertz CT molecular complexity index is 3320. The Morgan fingerprint density at radius 3 is 0.792 bits per heavy atom. The van der Waals surface area contributed by atoms with Crippen LogP contribution >= 0.6 is 0 Å². The van der Waals surface area contributed by atoms with Gasteiger partial charge in [0.2, 0.25) is 0 Å². The zero-order chi connectivity index (χ0) is 47.8. The summed E-state index contributed by atoms with van der Waals surface area (Å²) >= 11 is 0. The maximum atomic E-state index is 2.48. The molecule has 0 saturated heterocycles. The lowest BCUT2D eigenvalue weighted by Crippen LogP contribution is -2.61. The van der Waals surface area contributed by atoms with E-state index < -0.39 is 0 Å². The van der Waals surface area contributed by atoms with Gasteiger partial charge in [-0.2, -0.15) is 0 Å². The Morgan fingerprint density at radius 1 is 0.222 bits per heavy atom. The summed E-state index contributed by atoms with van der Waals surface area (Å²) < 4.78 is 0. The third kappa shape index (κ3) is 7.54. The minimum absolute atomic E-state index is 0.00676. The molecule has 72 heavy (non-hydrogen) atoms. The summed E-state index contributed by atoms with van der Waals surface area (Å²) in [6.45, 7) is 0.00676. The largest absolute Gasteiger partial charge is 0.311 e. The van der Waals surface area contributed by atoms with E-state index in [-0.39, 0.29) is 6.71 Å². The van der Waals surface area contributed by atoms with Crippen LogP contribution in [0.3, 0.4) is 0 Å². The number of hydrogen-bond acceptors (Lipinski definition) is 5. The second kappa shape index (κ2) is 18.4. The number of hydrogen-bond donors (Lipinski definition) is 0. The average Bonchev–Trinajstić information content (AvgIpc) is 3.45. The van der Waals surface area contributed by atoms with Gasteiger partial charge in [-0.1, -0.05) is 146 Å². The highest BCUT2D eigenvalue weighted by molar-refractivity contribution is 7.00. The van der Waals surface area contributed by atoms with Crippen LogP contribution in [0.5, 0.6) is 0 Å². The summed E-state index contributed by atoms with van der Waals surface area (Å²) in [7, 11) is 0. The van der Waals surface area contributed by atoms with Crippen molar-refractivity contribution in [1.82, 2.24) is 0 Å². The van der Waals surface area contributed by atoms with Crippen molar-refractivity contribution in [3.8, 4) is 0 Å². The summed E-state index contributed by atoms with van der Waals surface area (Å²) in [5.41, 5.74) is 20.3. The first-order valence-corrected chi connectivity index (χ1v) is 24.6. The van der Waals surface area contributed by atoms with Crippen LogP contribution in [-0.4, -0.2) is 6.71 Å². The standard InChI is InChI=1S/C66H48BN5/c1-7-23-49(24-8-1)68(50-25-9-2-10-26-50)55-39-43-57(44-40-55)70(58-45-41-56(42-46-58)69(51-27-11-3-12-28-51)52-29-13-4-14-30-52)59-47-64-66-65(48-59)72(54-33-17-6-18-34-54)63-38-22-20-36-61(63)67(66)60-35-19-21-37-62(60)71(64)53-31-15-5-16-32-53/h1-48H. The second-order valence-electron chi connectivity index (χ2n) is 18.2. The molecule has 0 saturated carbocycles. The Labute approximate surface area is 422 Å². The Kier molecular flexibility index (Phi) is 10.9. The zero-order valence-electron chi connectivity index (χ0n) is 39.5. The van der Waals surface area contributed by atoms with Gasteiger partial charge in [0.05, 0.1) is 5.69 Å². The van der Waals surface area contributed by atoms with Crippen LogP contribution in [0.1, 0.15) is 0 Å². The summed E-state index contributed by atoms with van der Waals surface area (Å²) in [4.78, 5) is 12.0. The molecule has 0 aliphatic carbocycles. The molecule has 0 aromatic heterocycles. The molecule has 13 rings (SSSR count). The molecule has 340 valence electrons. The Hall–Kier alpha value is -9.52. The summed E-state index contributed by atoms with van der Waals surface area (Å²) in [6.07, 6.45) is 0. The van der Waals surface area contributed by atoms with E-state index in [1.54, 1.807) is 0 Å².